The number of nitrogens with zero attached hydrogens (tertiary/aromatic N) is 1. The fourth-order valence-corrected chi connectivity index (χ4v) is 1.39. The summed E-state index contributed by atoms with van der Waals surface area (Å²) in [5.74, 6) is 4.77. The number of nitrogens with two attached hydrogens (primary N) is 1. The zero-order chi connectivity index (χ0) is 10.4. The van der Waals surface area contributed by atoms with E-state index < -0.39 is 0 Å². The maximum atomic E-state index is 11.1. The first kappa shape index (κ1) is 10.9. The molecule has 2 amide bonds. The van der Waals surface area contributed by atoms with Crippen molar-refractivity contribution in [3.05, 3.63) is 0 Å². The molecule has 0 unspecified atom stereocenters. The summed E-state index contributed by atoms with van der Waals surface area (Å²) in [4.78, 5) is 23.9. The van der Waals surface area contributed by atoms with Gasteiger partial charge in [-0.25, -0.2) is 5.84 Å². The lowest BCUT2D eigenvalue weighted by atomic mass is 10.3. The number of nitrogens with one attached hydrogen (secondary N) is 2. The minimum absolute atomic E-state index is 0.0238. The highest BCUT2D eigenvalue weighted by Gasteiger charge is 2.14. The highest BCUT2D eigenvalue weighted by atomic mass is 16.2. The fraction of sp³-hybridized carbons (Fsp3) is 0.750. The van der Waals surface area contributed by atoms with Gasteiger partial charge in [-0.2, -0.15) is 0 Å². The van der Waals surface area contributed by atoms with Crippen LogP contribution in [0, 0.1) is 0 Å². The number of carbonyl (C=O) groups is 2. The standard InChI is InChI=1S/C8H16N4O2/c9-11-7(13)2-5-12-4-1-3-10-8(14)6-12/h1-6,9H2,(H,10,14)(H,11,13). The van der Waals surface area contributed by atoms with E-state index >= 15 is 0 Å². The van der Waals surface area contributed by atoms with E-state index in [1.54, 1.807) is 0 Å². The first-order chi connectivity index (χ1) is 6.72. The van der Waals surface area contributed by atoms with Crippen LogP contribution in [-0.4, -0.2) is 42.9 Å². The normalized spacial score (nSPS) is 18.5. The Morgan fingerprint density at radius 3 is 3.14 bits per heavy atom. The van der Waals surface area contributed by atoms with Gasteiger partial charge >= 0.3 is 0 Å². The van der Waals surface area contributed by atoms with Crippen molar-refractivity contribution in [3.8, 4) is 0 Å². The van der Waals surface area contributed by atoms with Gasteiger partial charge in [0.15, 0.2) is 0 Å². The number of hydrogen-bond acceptors (Lipinski definition) is 4. The number of carbonyl (C=O) groups excluding carboxylic acids is 2. The Hall–Kier alpha value is -1.14. The van der Waals surface area contributed by atoms with E-state index in [9.17, 15) is 9.59 Å². The summed E-state index contributed by atoms with van der Waals surface area (Å²) in [6.07, 6.45) is 1.26. The Morgan fingerprint density at radius 2 is 2.43 bits per heavy atom. The molecule has 1 aliphatic rings. The Kier molecular flexibility index (Phi) is 4.34. The van der Waals surface area contributed by atoms with Crippen LogP contribution in [0.25, 0.3) is 0 Å². The number of hydrogen-bond donors (Lipinski definition) is 3. The average molecular weight is 200 g/mol. The monoisotopic (exact) mass is 200 g/mol. The SMILES string of the molecule is NNC(=O)CCN1CCCNC(=O)C1. The number of rotatable bonds is 3. The summed E-state index contributed by atoms with van der Waals surface area (Å²) < 4.78 is 0. The first-order valence-corrected chi connectivity index (χ1v) is 4.71. The number of hydrazine groups is 1. The topological polar surface area (TPSA) is 87.5 Å². The van der Waals surface area contributed by atoms with Crippen molar-refractivity contribution in [3.63, 3.8) is 0 Å². The predicted molar refractivity (Wildman–Crippen MR) is 51.0 cm³/mol. The molecule has 80 valence electrons. The lowest BCUT2D eigenvalue weighted by Gasteiger charge is -2.17. The highest BCUT2D eigenvalue weighted by molar-refractivity contribution is 5.78. The Labute approximate surface area is 82.8 Å². The van der Waals surface area contributed by atoms with Gasteiger partial charge in [0.1, 0.15) is 0 Å². The molecule has 0 aromatic rings. The van der Waals surface area contributed by atoms with E-state index in [2.05, 4.69) is 10.7 Å². The van der Waals surface area contributed by atoms with Crippen LogP contribution in [0.2, 0.25) is 0 Å². The second-order valence-corrected chi connectivity index (χ2v) is 3.30. The molecule has 0 atom stereocenters. The lowest BCUT2D eigenvalue weighted by molar-refractivity contribution is -0.123. The van der Waals surface area contributed by atoms with Crippen LogP contribution >= 0.6 is 0 Å². The van der Waals surface area contributed by atoms with Crippen molar-refractivity contribution >= 4 is 11.8 Å². The van der Waals surface area contributed by atoms with Crippen LogP contribution < -0.4 is 16.6 Å². The van der Waals surface area contributed by atoms with E-state index in [1.807, 2.05) is 4.90 Å². The molecule has 0 bridgehead atoms. The summed E-state index contributed by atoms with van der Waals surface area (Å²) >= 11 is 0. The fourth-order valence-electron chi connectivity index (χ4n) is 1.39. The van der Waals surface area contributed by atoms with Gasteiger partial charge in [-0.1, -0.05) is 0 Å². The maximum Gasteiger partial charge on any atom is 0.235 e. The quantitative estimate of drug-likeness (QED) is 0.284. The number of amides is 2. The van der Waals surface area contributed by atoms with Crippen molar-refractivity contribution in [2.45, 2.75) is 12.8 Å². The average Bonchev–Trinajstić information content (AvgIpc) is 2.39. The van der Waals surface area contributed by atoms with Crippen LogP contribution in [0.15, 0.2) is 0 Å². The third kappa shape index (κ3) is 3.71. The van der Waals surface area contributed by atoms with Gasteiger partial charge in [-0.15, -0.1) is 0 Å². The van der Waals surface area contributed by atoms with Crippen LogP contribution in [0.1, 0.15) is 12.8 Å². The maximum absolute atomic E-state index is 11.1. The van der Waals surface area contributed by atoms with Gasteiger partial charge in [0.25, 0.3) is 0 Å². The van der Waals surface area contributed by atoms with E-state index in [4.69, 9.17) is 5.84 Å². The highest BCUT2D eigenvalue weighted by Crippen LogP contribution is 1.97. The molecule has 1 aliphatic heterocycles. The molecular weight excluding hydrogens is 184 g/mol. The van der Waals surface area contributed by atoms with Crippen molar-refractivity contribution in [2.24, 2.45) is 5.84 Å². The molecule has 1 fully saturated rings. The Balaban J connectivity index is 2.28. The molecule has 0 spiro atoms. The van der Waals surface area contributed by atoms with E-state index in [0.29, 0.717) is 19.5 Å². The van der Waals surface area contributed by atoms with Crippen LogP contribution in [0.3, 0.4) is 0 Å². The predicted octanol–water partition coefficient (Wildman–Crippen LogP) is -1.81. The van der Waals surface area contributed by atoms with E-state index in [0.717, 1.165) is 19.5 Å². The molecule has 1 heterocycles. The van der Waals surface area contributed by atoms with Gasteiger partial charge in [0, 0.05) is 26.1 Å². The summed E-state index contributed by atoms with van der Waals surface area (Å²) in [6, 6.07) is 0. The lowest BCUT2D eigenvalue weighted by Crippen LogP contribution is -2.37. The van der Waals surface area contributed by atoms with Gasteiger partial charge in [-0.05, 0) is 6.42 Å². The smallest absolute Gasteiger partial charge is 0.235 e. The van der Waals surface area contributed by atoms with Crippen LogP contribution in [-0.2, 0) is 9.59 Å². The molecular formula is C8H16N4O2. The minimum atomic E-state index is -0.199. The van der Waals surface area contributed by atoms with Crippen LogP contribution in [0.4, 0.5) is 0 Å². The second-order valence-electron chi connectivity index (χ2n) is 3.30. The molecule has 6 nitrogen and oxygen atoms in total. The Bertz CT molecular complexity index is 219. The Morgan fingerprint density at radius 1 is 1.64 bits per heavy atom. The van der Waals surface area contributed by atoms with E-state index in [1.165, 1.54) is 0 Å². The van der Waals surface area contributed by atoms with Gasteiger partial charge < -0.3 is 5.32 Å². The van der Waals surface area contributed by atoms with Crippen molar-refractivity contribution in [2.75, 3.05) is 26.2 Å². The van der Waals surface area contributed by atoms with Gasteiger partial charge in [0.2, 0.25) is 11.8 Å². The molecule has 1 rings (SSSR count). The summed E-state index contributed by atoms with van der Waals surface area (Å²) in [6.45, 7) is 2.52. The minimum Gasteiger partial charge on any atom is -0.355 e. The van der Waals surface area contributed by atoms with Gasteiger partial charge in [-0.3, -0.25) is 19.9 Å². The van der Waals surface area contributed by atoms with Crippen molar-refractivity contribution in [1.82, 2.24) is 15.6 Å². The third-order valence-corrected chi connectivity index (χ3v) is 2.16. The van der Waals surface area contributed by atoms with Crippen LogP contribution in [0.5, 0.6) is 0 Å². The second kappa shape index (κ2) is 5.56. The third-order valence-electron chi connectivity index (χ3n) is 2.16. The molecule has 4 N–H and O–H groups in total. The molecule has 14 heavy (non-hydrogen) atoms. The first-order valence-electron chi connectivity index (χ1n) is 4.71. The van der Waals surface area contributed by atoms with Crippen molar-refractivity contribution < 1.29 is 9.59 Å². The molecule has 0 saturated carbocycles. The zero-order valence-corrected chi connectivity index (χ0v) is 8.08. The molecule has 0 aliphatic carbocycles. The molecule has 0 aromatic carbocycles. The zero-order valence-electron chi connectivity index (χ0n) is 8.08. The molecule has 1 saturated heterocycles. The summed E-state index contributed by atoms with van der Waals surface area (Å²) in [7, 11) is 0. The molecule has 0 aromatic heterocycles. The molecule has 0 radical (unpaired) electrons. The van der Waals surface area contributed by atoms with E-state index in [-0.39, 0.29) is 11.8 Å². The van der Waals surface area contributed by atoms with Crippen molar-refractivity contribution in [1.29, 1.82) is 0 Å². The molecule has 6 heteroatoms. The summed E-state index contributed by atoms with van der Waals surface area (Å²) in [5.41, 5.74) is 2.07. The van der Waals surface area contributed by atoms with Gasteiger partial charge in [0.05, 0.1) is 6.54 Å². The largest absolute Gasteiger partial charge is 0.355 e. The summed E-state index contributed by atoms with van der Waals surface area (Å²) in [5, 5.41) is 2.77.